The Morgan fingerprint density at radius 1 is 0.667 bits per heavy atom. The van der Waals surface area contributed by atoms with Crippen LogP contribution < -0.4 is 5.11 Å². The molecule has 126 valence electrons. The van der Waals surface area contributed by atoms with Gasteiger partial charge >= 0.3 is 0 Å². The lowest BCUT2D eigenvalue weighted by Crippen LogP contribution is -2.21. The van der Waals surface area contributed by atoms with Crippen LogP contribution in [0.25, 0.3) is 0 Å². The van der Waals surface area contributed by atoms with Gasteiger partial charge in [0.1, 0.15) is 0 Å². The molecule has 0 atom stereocenters. The summed E-state index contributed by atoms with van der Waals surface area (Å²) in [7, 11) is 0. The molecule has 0 heterocycles. The molecule has 0 saturated carbocycles. The van der Waals surface area contributed by atoms with Crippen LogP contribution in [0.1, 0.15) is 110 Å². The van der Waals surface area contributed by atoms with Crippen LogP contribution in [0.5, 0.6) is 0 Å². The van der Waals surface area contributed by atoms with E-state index < -0.39 is 5.97 Å². The Bertz CT molecular complexity index is 224. The van der Waals surface area contributed by atoms with E-state index in [2.05, 4.69) is 13.8 Å². The van der Waals surface area contributed by atoms with Gasteiger partial charge in [-0.3, -0.25) is 0 Å². The van der Waals surface area contributed by atoms with Gasteiger partial charge in [-0.25, -0.2) is 0 Å². The second-order valence-corrected chi connectivity index (χ2v) is 6.90. The first-order chi connectivity index (χ1) is 10.1. The monoisotopic (exact) mass is 297 g/mol. The molecule has 0 aromatic rings. The zero-order valence-corrected chi connectivity index (χ0v) is 14.5. The van der Waals surface area contributed by atoms with Gasteiger partial charge in [0.25, 0.3) is 0 Å². The summed E-state index contributed by atoms with van der Waals surface area (Å²) in [4.78, 5) is 10.2. The van der Waals surface area contributed by atoms with Crippen molar-refractivity contribution in [2.45, 2.75) is 110 Å². The van der Waals surface area contributed by atoms with Crippen molar-refractivity contribution >= 4 is 5.97 Å². The molecule has 0 unspecified atom stereocenters. The third-order valence-corrected chi connectivity index (χ3v) is 4.16. The fraction of sp³-hybridized carbons (Fsp3) is 0.947. The van der Waals surface area contributed by atoms with E-state index in [1.165, 1.54) is 77.0 Å². The summed E-state index contributed by atoms with van der Waals surface area (Å²) in [5.74, 6) is -0.0370. The van der Waals surface area contributed by atoms with Crippen molar-refractivity contribution < 1.29 is 9.90 Å². The zero-order valence-electron chi connectivity index (χ0n) is 14.5. The minimum absolute atomic E-state index is 0.233. The molecule has 0 amide bonds. The van der Waals surface area contributed by atoms with Crippen molar-refractivity contribution in [2.75, 3.05) is 0 Å². The summed E-state index contributed by atoms with van der Waals surface area (Å²) in [6, 6.07) is 0. The Labute approximate surface area is 132 Å². The maximum absolute atomic E-state index is 10.2. The Hall–Kier alpha value is -0.530. The molecule has 0 aliphatic heterocycles. The number of carboxylic acid groups (broad SMARTS) is 1. The molecule has 0 rings (SSSR count). The summed E-state index contributed by atoms with van der Waals surface area (Å²) < 4.78 is 0. The molecule has 0 aliphatic rings. The second-order valence-electron chi connectivity index (χ2n) is 6.90. The number of unbranched alkanes of at least 4 members (excludes halogenated alkanes) is 12. The predicted molar refractivity (Wildman–Crippen MR) is 89.1 cm³/mol. The summed E-state index contributed by atoms with van der Waals surface area (Å²) in [6.07, 6.45) is 18.4. The fourth-order valence-corrected chi connectivity index (χ4v) is 2.77. The first-order valence-corrected chi connectivity index (χ1v) is 9.32. The SMILES string of the molecule is CC(C)CCCCCCCCCCCCCCCC(=O)[O-]. The molecule has 21 heavy (non-hydrogen) atoms. The molecule has 0 aromatic carbocycles. The number of hydrogen-bond acceptors (Lipinski definition) is 2. The summed E-state index contributed by atoms with van der Waals surface area (Å²) in [5.41, 5.74) is 0. The quantitative estimate of drug-likeness (QED) is 0.365. The van der Waals surface area contributed by atoms with Gasteiger partial charge in [0.2, 0.25) is 0 Å². The van der Waals surface area contributed by atoms with E-state index in [0.29, 0.717) is 0 Å². The van der Waals surface area contributed by atoms with Crippen LogP contribution in [0.4, 0.5) is 0 Å². The van der Waals surface area contributed by atoms with Gasteiger partial charge in [0, 0.05) is 5.97 Å². The van der Waals surface area contributed by atoms with Gasteiger partial charge in [0.05, 0.1) is 0 Å². The van der Waals surface area contributed by atoms with Crippen LogP contribution in [0.2, 0.25) is 0 Å². The molecule has 2 nitrogen and oxygen atoms in total. The van der Waals surface area contributed by atoms with Crippen LogP contribution in [-0.2, 0) is 4.79 Å². The molecule has 0 spiro atoms. The lowest BCUT2D eigenvalue weighted by Gasteiger charge is -2.05. The molecule has 0 saturated heterocycles. The summed E-state index contributed by atoms with van der Waals surface area (Å²) >= 11 is 0. The van der Waals surface area contributed by atoms with Gasteiger partial charge in [-0.05, 0) is 18.8 Å². The normalized spacial score (nSPS) is 11.2. The topological polar surface area (TPSA) is 40.1 Å². The highest BCUT2D eigenvalue weighted by Crippen LogP contribution is 2.14. The molecule has 0 aliphatic carbocycles. The Morgan fingerprint density at radius 2 is 1.00 bits per heavy atom. The van der Waals surface area contributed by atoms with Gasteiger partial charge < -0.3 is 9.90 Å². The molecule has 0 fully saturated rings. The third kappa shape index (κ3) is 19.5. The Morgan fingerprint density at radius 3 is 1.33 bits per heavy atom. The third-order valence-electron chi connectivity index (χ3n) is 4.16. The number of rotatable bonds is 16. The van der Waals surface area contributed by atoms with Crippen molar-refractivity contribution in [3.8, 4) is 0 Å². The molecule has 0 aromatic heterocycles. The van der Waals surface area contributed by atoms with Crippen LogP contribution in [0.3, 0.4) is 0 Å². The van der Waals surface area contributed by atoms with Crippen molar-refractivity contribution in [1.82, 2.24) is 0 Å². The highest BCUT2D eigenvalue weighted by atomic mass is 16.4. The van der Waals surface area contributed by atoms with Crippen molar-refractivity contribution in [2.24, 2.45) is 5.92 Å². The van der Waals surface area contributed by atoms with Crippen molar-refractivity contribution in [3.63, 3.8) is 0 Å². The van der Waals surface area contributed by atoms with E-state index >= 15 is 0 Å². The van der Waals surface area contributed by atoms with E-state index in [-0.39, 0.29) is 6.42 Å². The number of hydrogen-bond donors (Lipinski definition) is 0. The smallest absolute Gasteiger partial charge is 0.0414 e. The van der Waals surface area contributed by atoms with Crippen molar-refractivity contribution in [1.29, 1.82) is 0 Å². The first kappa shape index (κ1) is 20.5. The van der Waals surface area contributed by atoms with Gasteiger partial charge in [-0.15, -0.1) is 0 Å². The molecular weight excluding hydrogens is 260 g/mol. The van der Waals surface area contributed by atoms with E-state index in [1.807, 2.05) is 0 Å². The minimum atomic E-state index is -0.904. The number of carbonyl (C=O) groups excluding carboxylic acids is 1. The minimum Gasteiger partial charge on any atom is -0.550 e. The van der Waals surface area contributed by atoms with E-state index in [0.717, 1.165) is 18.8 Å². The van der Waals surface area contributed by atoms with Gasteiger partial charge in [0.15, 0.2) is 0 Å². The van der Waals surface area contributed by atoms with Crippen molar-refractivity contribution in [3.05, 3.63) is 0 Å². The van der Waals surface area contributed by atoms with E-state index in [1.54, 1.807) is 0 Å². The second kappa shape index (κ2) is 15.9. The maximum Gasteiger partial charge on any atom is 0.0414 e. The first-order valence-electron chi connectivity index (χ1n) is 9.32. The fourth-order valence-electron chi connectivity index (χ4n) is 2.77. The molecule has 2 heteroatoms. The van der Waals surface area contributed by atoms with Crippen LogP contribution in [-0.4, -0.2) is 5.97 Å². The maximum atomic E-state index is 10.2. The number of aliphatic carboxylic acids is 1. The molecule has 0 N–H and O–H groups in total. The molecule has 0 bridgehead atoms. The largest absolute Gasteiger partial charge is 0.550 e. The summed E-state index contributed by atoms with van der Waals surface area (Å²) in [6.45, 7) is 4.62. The predicted octanol–water partition coefficient (Wildman–Crippen LogP) is 5.24. The molecule has 0 radical (unpaired) electrons. The number of carboxylic acids is 1. The average Bonchev–Trinajstić information content (AvgIpc) is 2.42. The summed E-state index contributed by atoms with van der Waals surface area (Å²) in [5, 5.41) is 10.2. The highest BCUT2D eigenvalue weighted by Gasteiger charge is 1.96. The van der Waals surface area contributed by atoms with Gasteiger partial charge in [-0.1, -0.05) is 97.3 Å². The Balaban J connectivity index is 2.98. The highest BCUT2D eigenvalue weighted by molar-refractivity contribution is 5.63. The molecular formula is C19H37O2-. The van der Waals surface area contributed by atoms with E-state index in [4.69, 9.17) is 0 Å². The Kier molecular flexibility index (Phi) is 15.5. The van der Waals surface area contributed by atoms with Crippen LogP contribution in [0.15, 0.2) is 0 Å². The standard InChI is InChI=1S/C19H38O2/c1-18(2)16-14-12-10-8-6-4-3-5-7-9-11-13-15-17-19(20)21/h18H,3-17H2,1-2H3,(H,20,21)/p-1. The lowest BCUT2D eigenvalue weighted by molar-refractivity contribution is -0.305. The van der Waals surface area contributed by atoms with Gasteiger partial charge in [-0.2, -0.15) is 0 Å². The van der Waals surface area contributed by atoms with E-state index in [9.17, 15) is 9.90 Å². The number of carbonyl (C=O) groups is 1. The lowest BCUT2D eigenvalue weighted by atomic mass is 10.0. The average molecular weight is 298 g/mol. The van der Waals surface area contributed by atoms with Crippen LogP contribution >= 0.6 is 0 Å². The van der Waals surface area contributed by atoms with Crippen LogP contribution in [0, 0.1) is 5.92 Å². The zero-order chi connectivity index (χ0) is 15.8.